The van der Waals surface area contributed by atoms with Gasteiger partial charge in [-0.2, -0.15) is 9.40 Å². The van der Waals surface area contributed by atoms with E-state index in [1.165, 1.54) is 10.6 Å². The summed E-state index contributed by atoms with van der Waals surface area (Å²) in [6.45, 7) is 5.04. The number of hydrogen-bond donors (Lipinski definition) is 0. The minimum Gasteiger partial charge on any atom is -0.378 e. The van der Waals surface area contributed by atoms with Crippen LogP contribution in [0.3, 0.4) is 0 Å². The van der Waals surface area contributed by atoms with Gasteiger partial charge >= 0.3 is 0 Å². The monoisotopic (exact) mass is 335 g/mol. The largest absolute Gasteiger partial charge is 0.378 e. The van der Waals surface area contributed by atoms with Gasteiger partial charge in [0, 0.05) is 17.8 Å². The van der Waals surface area contributed by atoms with E-state index in [-0.39, 0.29) is 6.04 Å². The van der Waals surface area contributed by atoms with Crippen LogP contribution in [0.2, 0.25) is 0 Å². The van der Waals surface area contributed by atoms with Gasteiger partial charge in [-0.25, -0.2) is 13.1 Å². The molecular formula is C16H21N3O3S. The number of aromatic nitrogens is 2. The standard InChI is InChI=1S/C16H21N3O3S/c1-12-16(15-11-22-10-9-18(15)23(3,20)21)13(2)19(17-12)14-7-5-4-6-8-14/h4-8,15H,9-11H2,1-3H3/t15-/m1/s1. The highest BCUT2D eigenvalue weighted by Gasteiger charge is 2.34. The first-order chi connectivity index (χ1) is 10.9. The minimum atomic E-state index is -3.30. The number of hydrogen-bond acceptors (Lipinski definition) is 4. The van der Waals surface area contributed by atoms with Crippen molar-refractivity contribution in [2.75, 3.05) is 26.0 Å². The van der Waals surface area contributed by atoms with Crippen LogP contribution in [0.1, 0.15) is 23.0 Å². The summed E-state index contributed by atoms with van der Waals surface area (Å²) in [5, 5.41) is 4.61. The summed E-state index contributed by atoms with van der Waals surface area (Å²) in [5.41, 5.74) is 3.66. The maximum Gasteiger partial charge on any atom is 0.211 e. The number of nitrogens with zero attached hydrogens (tertiary/aromatic N) is 3. The molecule has 2 aromatic rings. The molecule has 1 aliphatic heterocycles. The highest BCUT2D eigenvalue weighted by atomic mass is 32.2. The molecule has 6 nitrogen and oxygen atoms in total. The number of ether oxygens (including phenoxy) is 1. The number of para-hydroxylation sites is 1. The van der Waals surface area contributed by atoms with E-state index in [9.17, 15) is 8.42 Å². The van der Waals surface area contributed by atoms with Crippen LogP contribution in [0.15, 0.2) is 30.3 Å². The quantitative estimate of drug-likeness (QED) is 0.858. The second-order valence-corrected chi connectivity index (χ2v) is 7.73. The van der Waals surface area contributed by atoms with Gasteiger partial charge in [0.2, 0.25) is 10.0 Å². The third kappa shape index (κ3) is 3.04. The molecule has 23 heavy (non-hydrogen) atoms. The highest BCUT2D eigenvalue weighted by Crippen LogP contribution is 2.32. The Bertz CT molecular complexity index is 799. The third-order valence-electron chi connectivity index (χ3n) is 4.19. The number of benzene rings is 1. The lowest BCUT2D eigenvalue weighted by Gasteiger charge is -2.34. The van der Waals surface area contributed by atoms with Gasteiger partial charge in [0.25, 0.3) is 0 Å². The Hall–Kier alpha value is -1.70. The van der Waals surface area contributed by atoms with Crippen LogP contribution >= 0.6 is 0 Å². The molecule has 1 aromatic heterocycles. The van der Waals surface area contributed by atoms with Gasteiger partial charge in [-0.15, -0.1) is 0 Å². The summed E-state index contributed by atoms with van der Waals surface area (Å²) in [4.78, 5) is 0. The first-order valence-electron chi connectivity index (χ1n) is 7.55. The summed E-state index contributed by atoms with van der Waals surface area (Å²) in [6.07, 6.45) is 1.25. The molecule has 3 rings (SSSR count). The van der Waals surface area contributed by atoms with E-state index in [1.807, 2.05) is 48.9 Å². The molecule has 1 fully saturated rings. The van der Waals surface area contributed by atoms with Crippen LogP contribution in [0.5, 0.6) is 0 Å². The maximum absolute atomic E-state index is 12.1. The predicted octanol–water partition coefficient (Wildman–Crippen LogP) is 1.82. The van der Waals surface area contributed by atoms with Crippen molar-refractivity contribution < 1.29 is 13.2 Å². The van der Waals surface area contributed by atoms with E-state index in [1.54, 1.807) is 0 Å². The molecule has 124 valence electrons. The van der Waals surface area contributed by atoms with Crippen molar-refractivity contribution in [3.8, 4) is 5.69 Å². The number of morpholine rings is 1. The lowest BCUT2D eigenvalue weighted by molar-refractivity contribution is 0.0319. The zero-order chi connectivity index (χ0) is 16.6. The molecule has 0 spiro atoms. The average Bonchev–Trinajstić information content (AvgIpc) is 2.82. The van der Waals surface area contributed by atoms with Crippen molar-refractivity contribution in [1.29, 1.82) is 0 Å². The molecule has 1 saturated heterocycles. The van der Waals surface area contributed by atoms with Crippen molar-refractivity contribution in [2.24, 2.45) is 0 Å². The molecule has 0 amide bonds. The van der Waals surface area contributed by atoms with Crippen molar-refractivity contribution in [3.63, 3.8) is 0 Å². The van der Waals surface area contributed by atoms with Crippen LogP contribution in [0.25, 0.3) is 5.69 Å². The fraction of sp³-hybridized carbons (Fsp3) is 0.438. The zero-order valence-electron chi connectivity index (χ0n) is 13.6. The van der Waals surface area contributed by atoms with E-state index in [0.29, 0.717) is 19.8 Å². The Balaban J connectivity index is 2.08. The first-order valence-corrected chi connectivity index (χ1v) is 9.40. The smallest absolute Gasteiger partial charge is 0.211 e. The topological polar surface area (TPSA) is 64.4 Å². The molecule has 0 radical (unpaired) electrons. The number of sulfonamides is 1. The second-order valence-electron chi connectivity index (χ2n) is 5.80. The molecule has 0 N–H and O–H groups in total. The van der Waals surface area contributed by atoms with Gasteiger partial charge in [0.1, 0.15) is 0 Å². The SMILES string of the molecule is Cc1nn(-c2ccccc2)c(C)c1[C@H]1COCCN1S(C)(=O)=O. The van der Waals surface area contributed by atoms with E-state index in [2.05, 4.69) is 5.10 Å². The van der Waals surface area contributed by atoms with Crippen LogP contribution in [0, 0.1) is 13.8 Å². The molecule has 0 saturated carbocycles. The van der Waals surface area contributed by atoms with Crippen molar-refractivity contribution in [2.45, 2.75) is 19.9 Å². The molecule has 0 bridgehead atoms. The summed E-state index contributed by atoms with van der Waals surface area (Å²) in [6, 6.07) is 9.51. The van der Waals surface area contributed by atoms with Gasteiger partial charge in [-0.1, -0.05) is 18.2 Å². The highest BCUT2D eigenvalue weighted by molar-refractivity contribution is 7.88. The lowest BCUT2D eigenvalue weighted by atomic mass is 10.0. The fourth-order valence-corrected chi connectivity index (χ4v) is 4.21. The van der Waals surface area contributed by atoms with Crippen LogP contribution in [-0.2, 0) is 14.8 Å². The number of aryl methyl sites for hydroxylation is 1. The summed E-state index contributed by atoms with van der Waals surface area (Å²) in [7, 11) is -3.30. The van der Waals surface area contributed by atoms with Crippen molar-refractivity contribution in [1.82, 2.24) is 14.1 Å². The predicted molar refractivity (Wildman–Crippen MR) is 88.1 cm³/mol. The normalized spacial score (nSPS) is 19.9. The molecule has 1 aromatic carbocycles. The summed E-state index contributed by atoms with van der Waals surface area (Å²) >= 11 is 0. The van der Waals surface area contributed by atoms with Crippen molar-refractivity contribution in [3.05, 3.63) is 47.3 Å². The average molecular weight is 335 g/mol. The minimum absolute atomic E-state index is 0.323. The Kier molecular flexibility index (Phi) is 4.27. The Morgan fingerprint density at radius 1 is 1.22 bits per heavy atom. The third-order valence-corrected chi connectivity index (χ3v) is 5.48. The molecule has 1 aliphatic rings. The summed E-state index contributed by atoms with van der Waals surface area (Å²) in [5.74, 6) is 0. The van der Waals surface area contributed by atoms with Crippen molar-refractivity contribution >= 4 is 10.0 Å². The molecule has 0 aliphatic carbocycles. The number of rotatable bonds is 3. The molecule has 7 heteroatoms. The van der Waals surface area contributed by atoms with Crippen LogP contribution in [0.4, 0.5) is 0 Å². The van der Waals surface area contributed by atoms with Gasteiger partial charge < -0.3 is 4.74 Å². The first kappa shape index (κ1) is 16.2. The fourth-order valence-electron chi connectivity index (χ4n) is 3.17. The second kappa shape index (κ2) is 6.07. The molecule has 2 heterocycles. The Morgan fingerprint density at radius 2 is 1.91 bits per heavy atom. The van der Waals surface area contributed by atoms with Crippen LogP contribution in [-0.4, -0.2) is 48.5 Å². The van der Waals surface area contributed by atoms with Gasteiger partial charge in [-0.3, -0.25) is 0 Å². The Morgan fingerprint density at radius 3 is 2.57 bits per heavy atom. The van der Waals surface area contributed by atoms with E-state index in [4.69, 9.17) is 4.74 Å². The summed E-state index contributed by atoms with van der Waals surface area (Å²) < 4.78 is 33.1. The van der Waals surface area contributed by atoms with E-state index in [0.717, 1.165) is 22.6 Å². The lowest BCUT2D eigenvalue weighted by Crippen LogP contribution is -2.43. The maximum atomic E-state index is 12.1. The van der Waals surface area contributed by atoms with Gasteiger partial charge in [-0.05, 0) is 26.0 Å². The van der Waals surface area contributed by atoms with Gasteiger partial charge in [0.05, 0.1) is 36.9 Å². The van der Waals surface area contributed by atoms with E-state index >= 15 is 0 Å². The Labute approximate surface area is 136 Å². The molecular weight excluding hydrogens is 314 g/mol. The zero-order valence-corrected chi connectivity index (χ0v) is 14.4. The van der Waals surface area contributed by atoms with Gasteiger partial charge in [0.15, 0.2) is 0 Å². The van der Waals surface area contributed by atoms with E-state index < -0.39 is 10.0 Å². The molecule has 1 atom stereocenters. The van der Waals surface area contributed by atoms with Crippen LogP contribution < -0.4 is 0 Å². The molecule has 0 unspecified atom stereocenters.